The van der Waals surface area contributed by atoms with Crippen LogP contribution in [-0.4, -0.2) is 32.2 Å². The van der Waals surface area contributed by atoms with Crippen molar-refractivity contribution >= 4 is 17.6 Å². The molecule has 8 heteroatoms. The zero-order chi connectivity index (χ0) is 16.4. The summed E-state index contributed by atoms with van der Waals surface area (Å²) in [6.07, 6.45) is 3.36. The summed E-state index contributed by atoms with van der Waals surface area (Å²) in [6, 6.07) is 4.08. The molecule has 1 atom stereocenters. The number of carbonyl (C=O) groups excluding carboxylic acids is 1. The second-order valence-corrected chi connectivity index (χ2v) is 5.98. The molecular formula is C15H17ClFN5O. The van der Waals surface area contributed by atoms with E-state index in [-0.39, 0.29) is 18.6 Å². The maximum Gasteiger partial charge on any atom is 0.318 e. The molecule has 1 N–H and O–H groups in total. The third-order valence-electron chi connectivity index (χ3n) is 4.00. The Kier molecular flexibility index (Phi) is 4.47. The number of halogens is 2. The van der Waals surface area contributed by atoms with Crippen molar-refractivity contribution in [3.05, 3.63) is 46.8 Å². The van der Waals surface area contributed by atoms with Crippen LogP contribution >= 0.6 is 11.6 Å². The Hall–Kier alpha value is -2.15. The Balaban J connectivity index is 1.67. The number of nitrogens with one attached hydrogen (secondary N) is 1. The first kappa shape index (κ1) is 15.7. The zero-order valence-electron chi connectivity index (χ0n) is 12.7. The summed E-state index contributed by atoms with van der Waals surface area (Å²) in [4.78, 5) is 14.1. The van der Waals surface area contributed by atoms with Crippen LogP contribution in [0.4, 0.5) is 9.18 Å². The number of rotatable bonds is 3. The van der Waals surface area contributed by atoms with Gasteiger partial charge >= 0.3 is 6.03 Å². The predicted molar refractivity (Wildman–Crippen MR) is 83.3 cm³/mol. The van der Waals surface area contributed by atoms with Crippen molar-refractivity contribution in [2.45, 2.75) is 25.4 Å². The van der Waals surface area contributed by atoms with Crippen LogP contribution in [0.2, 0.25) is 5.02 Å². The van der Waals surface area contributed by atoms with E-state index in [0.717, 1.165) is 18.7 Å². The Morgan fingerprint density at radius 2 is 2.35 bits per heavy atom. The average molecular weight is 338 g/mol. The van der Waals surface area contributed by atoms with Gasteiger partial charge in [-0.25, -0.2) is 9.18 Å². The van der Waals surface area contributed by atoms with Crippen molar-refractivity contribution in [2.75, 3.05) is 6.54 Å². The highest BCUT2D eigenvalue weighted by atomic mass is 35.5. The van der Waals surface area contributed by atoms with Crippen molar-refractivity contribution in [2.24, 2.45) is 7.05 Å². The van der Waals surface area contributed by atoms with Gasteiger partial charge in [0, 0.05) is 30.7 Å². The molecule has 1 saturated heterocycles. The van der Waals surface area contributed by atoms with Gasteiger partial charge < -0.3 is 14.8 Å². The largest absolute Gasteiger partial charge is 0.334 e. The molecule has 1 fully saturated rings. The van der Waals surface area contributed by atoms with Crippen LogP contribution in [0.1, 0.15) is 30.3 Å². The van der Waals surface area contributed by atoms with E-state index in [1.807, 2.05) is 11.6 Å². The molecule has 2 aromatic rings. The molecular weight excluding hydrogens is 321 g/mol. The van der Waals surface area contributed by atoms with Gasteiger partial charge in [-0.2, -0.15) is 0 Å². The summed E-state index contributed by atoms with van der Waals surface area (Å²) in [5.41, 5.74) is 0.400. The molecule has 0 aliphatic carbocycles. The number of nitrogens with zero attached hydrogens (tertiary/aromatic N) is 4. The Labute approximate surface area is 138 Å². The fourth-order valence-corrected chi connectivity index (χ4v) is 2.97. The molecule has 0 saturated carbocycles. The van der Waals surface area contributed by atoms with E-state index >= 15 is 0 Å². The zero-order valence-corrected chi connectivity index (χ0v) is 13.4. The first-order chi connectivity index (χ1) is 11.1. The van der Waals surface area contributed by atoms with Gasteiger partial charge in [0.25, 0.3) is 0 Å². The number of aryl methyl sites for hydroxylation is 1. The molecule has 0 radical (unpaired) electrons. The third-order valence-corrected chi connectivity index (χ3v) is 4.24. The molecule has 1 aliphatic heterocycles. The van der Waals surface area contributed by atoms with Gasteiger partial charge in [0.2, 0.25) is 0 Å². The first-order valence-electron chi connectivity index (χ1n) is 7.38. The van der Waals surface area contributed by atoms with Gasteiger partial charge in [-0.3, -0.25) is 0 Å². The molecule has 1 aromatic carbocycles. The van der Waals surface area contributed by atoms with Crippen LogP contribution in [0, 0.1) is 5.82 Å². The minimum Gasteiger partial charge on any atom is -0.334 e. The number of aromatic nitrogens is 3. The number of hydrogen-bond acceptors (Lipinski definition) is 3. The SMILES string of the molecule is Cn1cnnc1[C@@H]1CCCN1C(=O)NCc1ccc(Cl)cc1F. The topological polar surface area (TPSA) is 63.1 Å². The fourth-order valence-electron chi connectivity index (χ4n) is 2.81. The number of carbonyl (C=O) groups is 1. The third kappa shape index (κ3) is 3.29. The Bertz CT molecular complexity index is 720. The van der Waals surface area contributed by atoms with Crippen LogP contribution in [0.25, 0.3) is 0 Å². The van der Waals surface area contributed by atoms with Crippen LogP contribution in [0.5, 0.6) is 0 Å². The number of hydrogen-bond donors (Lipinski definition) is 1. The summed E-state index contributed by atoms with van der Waals surface area (Å²) < 4.78 is 15.6. The lowest BCUT2D eigenvalue weighted by Gasteiger charge is -2.24. The van der Waals surface area contributed by atoms with E-state index in [2.05, 4.69) is 15.5 Å². The van der Waals surface area contributed by atoms with E-state index in [4.69, 9.17) is 11.6 Å². The smallest absolute Gasteiger partial charge is 0.318 e. The van der Waals surface area contributed by atoms with Crippen molar-refractivity contribution in [1.29, 1.82) is 0 Å². The fraction of sp³-hybridized carbons (Fsp3) is 0.400. The summed E-state index contributed by atoms with van der Waals surface area (Å²) in [5.74, 6) is 0.333. The summed E-state index contributed by atoms with van der Waals surface area (Å²) in [5, 5.41) is 11.0. The van der Waals surface area contributed by atoms with Crippen LogP contribution in [0.15, 0.2) is 24.5 Å². The van der Waals surface area contributed by atoms with Crippen molar-refractivity contribution in [3.63, 3.8) is 0 Å². The average Bonchev–Trinajstić information content (AvgIpc) is 3.14. The van der Waals surface area contributed by atoms with Gasteiger partial charge in [0.15, 0.2) is 5.82 Å². The molecule has 0 bridgehead atoms. The van der Waals surface area contributed by atoms with E-state index in [0.29, 0.717) is 17.1 Å². The standard InChI is InChI=1S/C15H17ClFN5O/c1-21-9-19-20-14(21)13-3-2-6-22(13)15(23)18-8-10-4-5-11(16)7-12(10)17/h4-5,7,9,13H,2-3,6,8H2,1H3,(H,18,23)/t13-/m0/s1. The molecule has 2 heterocycles. The molecule has 1 aliphatic rings. The summed E-state index contributed by atoms with van der Waals surface area (Å²) in [6.45, 7) is 0.760. The van der Waals surface area contributed by atoms with Gasteiger partial charge in [-0.15, -0.1) is 10.2 Å². The second kappa shape index (κ2) is 6.54. The molecule has 0 unspecified atom stereocenters. The van der Waals surface area contributed by atoms with Gasteiger partial charge in [0.1, 0.15) is 12.1 Å². The predicted octanol–water partition coefficient (Wildman–Crippen LogP) is 2.65. The lowest BCUT2D eigenvalue weighted by molar-refractivity contribution is 0.189. The maximum atomic E-state index is 13.8. The molecule has 122 valence electrons. The highest BCUT2D eigenvalue weighted by molar-refractivity contribution is 6.30. The maximum absolute atomic E-state index is 13.8. The van der Waals surface area contributed by atoms with Gasteiger partial charge in [0.05, 0.1) is 6.04 Å². The second-order valence-electron chi connectivity index (χ2n) is 5.55. The van der Waals surface area contributed by atoms with Gasteiger partial charge in [-0.1, -0.05) is 17.7 Å². The van der Waals surface area contributed by atoms with Crippen LogP contribution in [-0.2, 0) is 13.6 Å². The number of urea groups is 1. The first-order valence-corrected chi connectivity index (χ1v) is 7.76. The molecule has 2 amide bonds. The van der Waals surface area contributed by atoms with E-state index in [1.165, 1.54) is 6.07 Å². The van der Waals surface area contributed by atoms with Crippen molar-refractivity contribution in [1.82, 2.24) is 25.0 Å². The molecule has 0 spiro atoms. The quantitative estimate of drug-likeness (QED) is 0.936. The van der Waals surface area contributed by atoms with Gasteiger partial charge in [-0.05, 0) is 25.0 Å². The normalized spacial score (nSPS) is 17.5. The van der Waals surface area contributed by atoms with E-state index < -0.39 is 5.82 Å². The minimum atomic E-state index is -0.427. The van der Waals surface area contributed by atoms with Crippen LogP contribution in [0.3, 0.4) is 0 Å². The highest BCUT2D eigenvalue weighted by Crippen LogP contribution is 2.30. The lowest BCUT2D eigenvalue weighted by Crippen LogP contribution is -2.39. The molecule has 3 rings (SSSR count). The number of likely N-dealkylation sites (tertiary alicyclic amines) is 1. The summed E-state index contributed by atoms with van der Waals surface area (Å²) in [7, 11) is 1.85. The Morgan fingerprint density at radius 3 is 3.04 bits per heavy atom. The van der Waals surface area contributed by atoms with E-state index in [9.17, 15) is 9.18 Å². The lowest BCUT2D eigenvalue weighted by atomic mass is 10.2. The minimum absolute atomic E-state index is 0.0995. The van der Waals surface area contributed by atoms with Crippen molar-refractivity contribution in [3.8, 4) is 0 Å². The molecule has 1 aromatic heterocycles. The molecule has 23 heavy (non-hydrogen) atoms. The van der Waals surface area contributed by atoms with Crippen molar-refractivity contribution < 1.29 is 9.18 Å². The number of benzene rings is 1. The monoisotopic (exact) mass is 337 g/mol. The number of amides is 2. The summed E-state index contributed by atoms with van der Waals surface area (Å²) >= 11 is 5.72. The van der Waals surface area contributed by atoms with E-state index in [1.54, 1.807) is 23.4 Å². The highest BCUT2D eigenvalue weighted by Gasteiger charge is 2.32. The Morgan fingerprint density at radius 1 is 1.52 bits per heavy atom. The van der Waals surface area contributed by atoms with Crippen LogP contribution < -0.4 is 5.32 Å². The molecule has 6 nitrogen and oxygen atoms in total.